The van der Waals surface area contributed by atoms with Gasteiger partial charge in [-0.05, 0) is 60.9 Å². The molecular weight excluding hydrogens is 362 g/mol. The number of rotatable bonds is 6. The van der Waals surface area contributed by atoms with E-state index in [-0.39, 0.29) is 24.4 Å². The Balaban J connectivity index is 1.59. The first-order chi connectivity index (χ1) is 13.8. The molecule has 5 heteroatoms. The van der Waals surface area contributed by atoms with E-state index in [1.165, 1.54) is 0 Å². The molecular formula is C24H28N3O2+. The summed E-state index contributed by atoms with van der Waals surface area (Å²) in [5, 5.41) is 8.12. The van der Waals surface area contributed by atoms with Gasteiger partial charge in [-0.25, -0.2) is 0 Å². The number of hydrogen-bond acceptors (Lipinski definition) is 2. The third-order valence-corrected chi connectivity index (χ3v) is 5.26. The molecule has 0 aliphatic heterocycles. The summed E-state index contributed by atoms with van der Waals surface area (Å²) < 4.78 is 0. The van der Waals surface area contributed by atoms with Crippen LogP contribution in [0.5, 0.6) is 0 Å². The predicted molar refractivity (Wildman–Crippen MR) is 118 cm³/mol. The minimum atomic E-state index is -0.370. The minimum absolute atomic E-state index is 0.110. The normalized spacial score (nSPS) is 13.0. The lowest BCUT2D eigenvalue weighted by atomic mass is 10.1. The molecule has 29 heavy (non-hydrogen) atoms. The molecule has 0 aliphatic rings. The van der Waals surface area contributed by atoms with Gasteiger partial charge in [0.15, 0.2) is 12.6 Å². The van der Waals surface area contributed by atoms with E-state index in [9.17, 15) is 9.59 Å². The van der Waals surface area contributed by atoms with Crippen molar-refractivity contribution in [2.45, 2.75) is 26.8 Å². The molecule has 3 aromatic rings. The van der Waals surface area contributed by atoms with Gasteiger partial charge in [-0.1, -0.05) is 42.5 Å². The average molecular weight is 391 g/mol. The quantitative estimate of drug-likeness (QED) is 0.606. The van der Waals surface area contributed by atoms with Gasteiger partial charge in [-0.15, -0.1) is 0 Å². The largest absolute Gasteiger partial charge is 0.321 e. The van der Waals surface area contributed by atoms with Crippen molar-refractivity contribution >= 4 is 34.0 Å². The van der Waals surface area contributed by atoms with E-state index in [0.717, 1.165) is 38.2 Å². The van der Waals surface area contributed by atoms with E-state index in [0.29, 0.717) is 0 Å². The van der Waals surface area contributed by atoms with Crippen LogP contribution in [-0.4, -0.2) is 31.4 Å². The fourth-order valence-electron chi connectivity index (χ4n) is 3.21. The van der Waals surface area contributed by atoms with Crippen LogP contribution in [0.2, 0.25) is 0 Å². The van der Waals surface area contributed by atoms with Gasteiger partial charge >= 0.3 is 0 Å². The zero-order chi connectivity index (χ0) is 21.0. The molecule has 5 nitrogen and oxygen atoms in total. The molecule has 0 aliphatic carbocycles. The third-order valence-electron chi connectivity index (χ3n) is 5.26. The fourth-order valence-corrected chi connectivity index (χ4v) is 3.21. The van der Waals surface area contributed by atoms with Crippen molar-refractivity contribution in [2.24, 2.45) is 0 Å². The number of likely N-dealkylation sites (N-methyl/N-ethyl adjacent to an activating group) is 1. The lowest BCUT2D eigenvalue weighted by Gasteiger charge is -2.21. The summed E-state index contributed by atoms with van der Waals surface area (Å²) in [6, 6.07) is 19.5. The monoisotopic (exact) mass is 390 g/mol. The van der Waals surface area contributed by atoms with Gasteiger partial charge in [-0.2, -0.15) is 0 Å². The van der Waals surface area contributed by atoms with Crippen molar-refractivity contribution in [3.8, 4) is 0 Å². The number of fused-ring (bicyclic) bond motifs is 1. The Morgan fingerprint density at radius 2 is 1.66 bits per heavy atom. The molecule has 0 heterocycles. The number of amides is 2. The Morgan fingerprint density at radius 1 is 0.931 bits per heavy atom. The van der Waals surface area contributed by atoms with Crippen molar-refractivity contribution in [3.05, 3.63) is 71.8 Å². The second kappa shape index (κ2) is 8.88. The van der Waals surface area contributed by atoms with Gasteiger partial charge in [0, 0.05) is 11.4 Å². The van der Waals surface area contributed by atoms with Crippen LogP contribution in [-0.2, 0) is 9.59 Å². The maximum Gasteiger partial charge on any atom is 0.282 e. The Hall–Kier alpha value is -3.18. The smallest absolute Gasteiger partial charge is 0.282 e. The Kier molecular flexibility index (Phi) is 6.29. The van der Waals surface area contributed by atoms with Gasteiger partial charge in [-0.3, -0.25) is 9.59 Å². The highest BCUT2D eigenvalue weighted by Crippen LogP contribution is 2.19. The lowest BCUT2D eigenvalue weighted by Crippen LogP contribution is -3.14. The van der Waals surface area contributed by atoms with Gasteiger partial charge in [0.25, 0.3) is 11.8 Å². The number of carbonyl (C=O) groups excluding carboxylic acids is 2. The summed E-state index contributed by atoms with van der Waals surface area (Å²) in [5.41, 5.74) is 3.68. The minimum Gasteiger partial charge on any atom is -0.321 e. The van der Waals surface area contributed by atoms with Gasteiger partial charge in [0.1, 0.15) is 0 Å². The maximum absolute atomic E-state index is 12.7. The molecule has 2 atom stereocenters. The number of aryl methyl sites for hydroxylation is 2. The van der Waals surface area contributed by atoms with Crippen molar-refractivity contribution in [1.29, 1.82) is 0 Å². The summed E-state index contributed by atoms with van der Waals surface area (Å²) in [7, 11) is 1.85. The third kappa shape index (κ3) is 5.21. The summed E-state index contributed by atoms with van der Waals surface area (Å²) >= 11 is 0. The van der Waals surface area contributed by atoms with Crippen molar-refractivity contribution in [3.63, 3.8) is 0 Å². The average Bonchev–Trinajstić information content (AvgIpc) is 2.69. The number of carbonyl (C=O) groups is 2. The molecule has 3 aromatic carbocycles. The lowest BCUT2D eigenvalue weighted by molar-refractivity contribution is -0.885. The van der Waals surface area contributed by atoms with Crippen LogP contribution in [0.4, 0.5) is 11.4 Å². The van der Waals surface area contributed by atoms with E-state index in [2.05, 4.69) is 10.6 Å². The first-order valence-corrected chi connectivity index (χ1v) is 9.82. The molecule has 0 saturated carbocycles. The van der Waals surface area contributed by atoms with Crippen LogP contribution in [0.1, 0.15) is 18.1 Å². The SMILES string of the molecule is Cc1ccc(C)c(NC(=O)C[NH+](C)[C@H](C)C(=O)Nc2ccc3ccccc3c2)c1. The Morgan fingerprint density at radius 3 is 2.41 bits per heavy atom. The number of quaternary nitrogens is 1. The van der Waals surface area contributed by atoms with Gasteiger partial charge in [0.2, 0.25) is 0 Å². The molecule has 0 bridgehead atoms. The van der Waals surface area contributed by atoms with Crippen LogP contribution in [0.15, 0.2) is 60.7 Å². The van der Waals surface area contributed by atoms with Crippen molar-refractivity contribution in [1.82, 2.24) is 0 Å². The molecule has 1 unspecified atom stereocenters. The zero-order valence-corrected chi connectivity index (χ0v) is 17.4. The fraction of sp³-hybridized carbons (Fsp3) is 0.250. The number of benzene rings is 3. The van der Waals surface area contributed by atoms with Crippen LogP contribution in [0, 0.1) is 13.8 Å². The van der Waals surface area contributed by atoms with E-state index >= 15 is 0 Å². The van der Waals surface area contributed by atoms with Crippen LogP contribution >= 0.6 is 0 Å². The summed E-state index contributed by atoms with van der Waals surface area (Å²) in [6.45, 7) is 5.99. The predicted octanol–water partition coefficient (Wildman–Crippen LogP) is 2.94. The number of nitrogens with one attached hydrogen (secondary N) is 3. The van der Waals surface area contributed by atoms with Crippen molar-refractivity contribution in [2.75, 3.05) is 24.2 Å². The molecule has 0 fully saturated rings. The zero-order valence-electron chi connectivity index (χ0n) is 17.4. The standard InChI is InChI=1S/C24H27N3O2/c1-16-9-10-17(2)22(13-16)26-23(28)15-27(4)18(3)24(29)25-21-12-11-19-7-5-6-8-20(19)14-21/h5-14,18H,15H2,1-4H3,(H,25,29)(H,26,28)/p+1/t18-/m1/s1. The van der Waals surface area contributed by atoms with Gasteiger partial charge < -0.3 is 15.5 Å². The topological polar surface area (TPSA) is 62.6 Å². The summed E-state index contributed by atoms with van der Waals surface area (Å²) in [6.07, 6.45) is 0. The highest BCUT2D eigenvalue weighted by Gasteiger charge is 2.24. The second-order valence-corrected chi connectivity index (χ2v) is 7.66. The van der Waals surface area contributed by atoms with Gasteiger partial charge in [0.05, 0.1) is 7.05 Å². The van der Waals surface area contributed by atoms with E-state index in [4.69, 9.17) is 0 Å². The molecule has 0 radical (unpaired) electrons. The summed E-state index contributed by atoms with van der Waals surface area (Å²) in [5.74, 6) is -0.223. The Bertz CT molecular complexity index is 1050. The second-order valence-electron chi connectivity index (χ2n) is 7.66. The number of hydrogen-bond donors (Lipinski definition) is 3. The Labute approximate surface area is 171 Å². The molecule has 0 aromatic heterocycles. The molecule has 0 spiro atoms. The van der Waals surface area contributed by atoms with E-state index in [1.807, 2.05) is 88.5 Å². The van der Waals surface area contributed by atoms with Crippen LogP contribution in [0.25, 0.3) is 10.8 Å². The van der Waals surface area contributed by atoms with E-state index in [1.54, 1.807) is 0 Å². The van der Waals surface area contributed by atoms with Crippen molar-refractivity contribution < 1.29 is 14.5 Å². The maximum atomic E-state index is 12.7. The first kappa shape index (κ1) is 20.6. The van der Waals surface area contributed by atoms with E-state index < -0.39 is 0 Å². The summed E-state index contributed by atoms with van der Waals surface area (Å²) in [4.78, 5) is 25.9. The molecule has 3 rings (SSSR count). The molecule has 3 N–H and O–H groups in total. The highest BCUT2D eigenvalue weighted by molar-refractivity contribution is 5.97. The molecule has 0 saturated heterocycles. The molecule has 2 amide bonds. The highest BCUT2D eigenvalue weighted by atomic mass is 16.2. The first-order valence-electron chi connectivity index (χ1n) is 9.82. The van der Waals surface area contributed by atoms with Crippen LogP contribution in [0.3, 0.4) is 0 Å². The van der Waals surface area contributed by atoms with Crippen LogP contribution < -0.4 is 15.5 Å². The number of anilines is 2. The molecule has 150 valence electrons.